The van der Waals surface area contributed by atoms with E-state index in [1.807, 2.05) is 12.1 Å². The lowest BCUT2D eigenvalue weighted by Gasteiger charge is -2.07. The van der Waals surface area contributed by atoms with Crippen molar-refractivity contribution in [3.8, 4) is 0 Å². The van der Waals surface area contributed by atoms with Gasteiger partial charge in [-0.1, -0.05) is 6.92 Å². The summed E-state index contributed by atoms with van der Waals surface area (Å²) >= 11 is 1.77. The van der Waals surface area contributed by atoms with Gasteiger partial charge in [-0.15, -0.1) is 11.3 Å². The molecule has 3 nitrogen and oxygen atoms in total. The first-order valence-corrected chi connectivity index (χ1v) is 6.19. The van der Waals surface area contributed by atoms with Crippen molar-refractivity contribution in [3.63, 3.8) is 0 Å². The molecule has 0 fully saturated rings. The van der Waals surface area contributed by atoms with Gasteiger partial charge in [0.25, 0.3) is 0 Å². The van der Waals surface area contributed by atoms with Gasteiger partial charge in [0, 0.05) is 11.1 Å². The number of pyridine rings is 1. The maximum atomic E-state index is 5.81. The molecule has 3 N–H and O–H groups in total. The highest BCUT2D eigenvalue weighted by molar-refractivity contribution is 7.10. The van der Waals surface area contributed by atoms with E-state index in [0.717, 1.165) is 18.8 Å². The van der Waals surface area contributed by atoms with Gasteiger partial charge in [-0.3, -0.25) is 0 Å². The van der Waals surface area contributed by atoms with Crippen LogP contribution < -0.4 is 11.1 Å². The first-order chi connectivity index (χ1) is 7.81. The molecule has 2 aromatic rings. The molecule has 0 aliphatic heterocycles. The van der Waals surface area contributed by atoms with E-state index in [-0.39, 0.29) is 0 Å². The quantitative estimate of drug-likeness (QED) is 0.853. The fourth-order valence-electron chi connectivity index (χ4n) is 1.57. The Balaban J connectivity index is 2.05. The summed E-state index contributed by atoms with van der Waals surface area (Å²) in [6, 6.07) is 5.86. The highest BCUT2D eigenvalue weighted by atomic mass is 32.1. The van der Waals surface area contributed by atoms with Crippen LogP contribution in [0.5, 0.6) is 0 Å². The molecule has 84 valence electrons. The second-order valence-electron chi connectivity index (χ2n) is 3.52. The lowest BCUT2D eigenvalue weighted by Crippen LogP contribution is -2.04. The average molecular weight is 233 g/mol. The smallest absolute Gasteiger partial charge is 0.149 e. The van der Waals surface area contributed by atoms with Crippen molar-refractivity contribution in [2.24, 2.45) is 0 Å². The van der Waals surface area contributed by atoms with Crippen molar-refractivity contribution in [2.75, 3.05) is 11.1 Å². The molecule has 16 heavy (non-hydrogen) atoms. The topological polar surface area (TPSA) is 50.9 Å². The van der Waals surface area contributed by atoms with E-state index in [9.17, 15) is 0 Å². The molecular weight excluding hydrogens is 218 g/mol. The van der Waals surface area contributed by atoms with Gasteiger partial charge in [0.15, 0.2) is 0 Å². The Kier molecular flexibility index (Phi) is 3.41. The monoisotopic (exact) mass is 233 g/mol. The van der Waals surface area contributed by atoms with Crippen LogP contribution in [-0.4, -0.2) is 4.98 Å². The zero-order valence-electron chi connectivity index (χ0n) is 9.23. The van der Waals surface area contributed by atoms with Crippen LogP contribution in [0, 0.1) is 0 Å². The van der Waals surface area contributed by atoms with Gasteiger partial charge in [0.05, 0.1) is 12.2 Å². The molecule has 0 unspecified atom stereocenters. The van der Waals surface area contributed by atoms with Crippen LogP contribution in [0.2, 0.25) is 0 Å². The van der Waals surface area contributed by atoms with Crippen LogP contribution in [0.1, 0.15) is 17.4 Å². The molecule has 2 aromatic heterocycles. The van der Waals surface area contributed by atoms with E-state index in [4.69, 9.17) is 5.73 Å². The number of nitrogens with two attached hydrogens (primary N) is 1. The van der Waals surface area contributed by atoms with Crippen molar-refractivity contribution in [3.05, 3.63) is 40.2 Å². The molecule has 0 aliphatic rings. The van der Waals surface area contributed by atoms with E-state index in [1.165, 1.54) is 10.4 Å². The molecule has 0 bridgehead atoms. The lowest BCUT2D eigenvalue weighted by atomic mass is 10.2. The van der Waals surface area contributed by atoms with Crippen LogP contribution >= 0.6 is 11.3 Å². The summed E-state index contributed by atoms with van der Waals surface area (Å²) in [4.78, 5) is 5.56. The van der Waals surface area contributed by atoms with Crippen molar-refractivity contribution in [2.45, 2.75) is 19.9 Å². The number of anilines is 2. The van der Waals surface area contributed by atoms with E-state index in [1.54, 1.807) is 17.5 Å². The molecule has 2 rings (SSSR count). The molecule has 2 heterocycles. The maximum absolute atomic E-state index is 5.81. The van der Waals surface area contributed by atoms with Crippen LogP contribution in [0.15, 0.2) is 29.8 Å². The van der Waals surface area contributed by atoms with Gasteiger partial charge in [-0.05, 0) is 35.6 Å². The third kappa shape index (κ3) is 2.33. The Morgan fingerprint density at radius 2 is 2.31 bits per heavy atom. The van der Waals surface area contributed by atoms with Gasteiger partial charge in [0.2, 0.25) is 0 Å². The fourth-order valence-corrected chi connectivity index (χ4v) is 2.48. The standard InChI is InChI=1S/C12H15N3S/c1-2-9-5-7-16-11(9)8-15-12-10(13)4-3-6-14-12/h3-7H,2,8,13H2,1H3,(H,14,15). The molecule has 0 saturated heterocycles. The van der Waals surface area contributed by atoms with Gasteiger partial charge in [0.1, 0.15) is 5.82 Å². The van der Waals surface area contributed by atoms with E-state index < -0.39 is 0 Å². The molecule has 4 heteroatoms. The Hall–Kier alpha value is -1.55. The van der Waals surface area contributed by atoms with Crippen molar-refractivity contribution < 1.29 is 0 Å². The number of nitrogens with one attached hydrogen (secondary N) is 1. The zero-order chi connectivity index (χ0) is 11.4. The molecule has 0 radical (unpaired) electrons. The molecule has 0 saturated carbocycles. The predicted octanol–water partition coefficient (Wildman–Crippen LogP) is 2.90. The number of nitrogens with zero attached hydrogens (tertiary/aromatic N) is 1. The van der Waals surface area contributed by atoms with E-state index >= 15 is 0 Å². The van der Waals surface area contributed by atoms with Crippen molar-refractivity contribution >= 4 is 22.8 Å². The van der Waals surface area contributed by atoms with Crippen molar-refractivity contribution in [1.82, 2.24) is 4.98 Å². The minimum absolute atomic E-state index is 0.692. The Morgan fingerprint density at radius 1 is 1.44 bits per heavy atom. The minimum Gasteiger partial charge on any atom is -0.396 e. The SMILES string of the molecule is CCc1ccsc1CNc1ncccc1N. The number of hydrogen-bond acceptors (Lipinski definition) is 4. The van der Waals surface area contributed by atoms with E-state index in [2.05, 4.69) is 28.7 Å². The molecular formula is C12H15N3S. The molecule has 0 amide bonds. The number of aromatic nitrogens is 1. The number of hydrogen-bond donors (Lipinski definition) is 2. The lowest BCUT2D eigenvalue weighted by molar-refractivity contribution is 1.07. The summed E-state index contributed by atoms with van der Waals surface area (Å²) in [5.41, 5.74) is 7.90. The number of nitrogen functional groups attached to an aromatic ring is 1. The highest BCUT2D eigenvalue weighted by Crippen LogP contribution is 2.20. The summed E-state index contributed by atoms with van der Waals surface area (Å²) in [5.74, 6) is 0.762. The zero-order valence-corrected chi connectivity index (χ0v) is 10.1. The summed E-state index contributed by atoms with van der Waals surface area (Å²) in [6.45, 7) is 2.96. The molecule has 0 atom stereocenters. The number of rotatable bonds is 4. The maximum Gasteiger partial charge on any atom is 0.149 e. The average Bonchev–Trinajstić information content (AvgIpc) is 2.75. The number of aryl methyl sites for hydroxylation is 1. The second kappa shape index (κ2) is 4.99. The molecule has 0 aliphatic carbocycles. The summed E-state index contributed by atoms with van der Waals surface area (Å²) in [7, 11) is 0. The Labute approximate surface area is 99.3 Å². The van der Waals surface area contributed by atoms with Gasteiger partial charge in [-0.2, -0.15) is 0 Å². The normalized spacial score (nSPS) is 10.3. The largest absolute Gasteiger partial charge is 0.396 e. The summed E-state index contributed by atoms with van der Waals surface area (Å²) in [5, 5.41) is 5.39. The van der Waals surface area contributed by atoms with Gasteiger partial charge >= 0.3 is 0 Å². The number of thiophene rings is 1. The first kappa shape index (κ1) is 11.0. The Morgan fingerprint density at radius 3 is 3.06 bits per heavy atom. The van der Waals surface area contributed by atoms with Gasteiger partial charge < -0.3 is 11.1 Å². The third-order valence-electron chi connectivity index (χ3n) is 2.47. The van der Waals surface area contributed by atoms with Crippen LogP contribution in [-0.2, 0) is 13.0 Å². The first-order valence-electron chi connectivity index (χ1n) is 5.31. The Bertz CT molecular complexity index is 465. The summed E-state index contributed by atoms with van der Waals surface area (Å²) < 4.78 is 0. The highest BCUT2D eigenvalue weighted by Gasteiger charge is 2.03. The van der Waals surface area contributed by atoms with E-state index in [0.29, 0.717) is 5.69 Å². The molecule has 0 aromatic carbocycles. The van der Waals surface area contributed by atoms with Gasteiger partial charge in [-0.25, -0.2) is 4.98 Å². The second-order valence-corrected chi connectivity index (χ2v) is 4.52. The summed E-state index contributed by atoms with van der Waals surface area (Å²) in [6.07, 6.45) is 2.81. The van der Waals surface area contributed by atoms with Crippen LogP contribution in [0.25, 0.3) is 0 Å². The predicted molar refractivity (Wildman–Crippen MR) is 69.7 cm³/mol. The minimum atomic E-state index is 0.692. The van der Waals surface area contributed by atoms with Crippen molar-refractivity contribution in [1.29, 1.82) is 0 Å². The third-order valence-corrected chi connectivity index (χ3v) is 3.44. The van der Waals surface area contributed by atoms with Crippen LogP contribution in [0.3, 0.4) is 0 Å². The van der Waals surface area contributed by atoms with Crippen LogP contribution in [0.4, 0.5) is 11.5 Å². The molecule has 0 spiro atoms. The fraction of sp³-hybridized carbons (Fsp3) is 0.250.